The number of amides is 1. The second kappa shape index (κ2) is 8.55. The number of nitrogens with two attached hydrogens (primary N) is 1. The fraction of sp³-hybridized carbons (Fsp3) is 0.550. The monoisotopic (exact) mass is 401 g/mol. The van der Waals surface area contributed by atoms with Crippen LogP contribution in [0.25, 0.3) is 0 Å². The van der Waals surface area contributed by atoms with E-state index < -0.39 is 0 Å². The lowest BCUT2D eigenvalue weighted by Gasteiger charge is -2.49. The summed E-state index contributed by atoms with van der Waals surface area (Å²) in [6, 6.07) is 4.05. The average molecular weight is 402 g/mol. The number of morpholine rings is 1. The fourth-order valence-electron chi connectivity index (χ4n) is 4.31. The molecule has 1 aliphatic heterocycles. The summed E-state index contributed by atoms with van der Waals surface area (Å²) < 4.78 is 6.34. The number of nitrogen functional groups attached to an aromatic ring is 1. The summed E-state index contributed by atoms with van der Waals surface area (Å²) in [4.78, 5) is 24.3. The van der Waals surface area contributed by atoms with E-state index in [1.54, 1.807) is 23.7 Å². The van der Waals surface area contributed by atoms with E-state index in [1.165, 1.54) is 0 Å². The number of carbonyl (C=O) groups excluding carboxylic acids is 1. The Labute approximate surface area is 169 Å². The number of anilines is 1. The Bertz CT molecular complexity index is 778. The van der Waals surface area contributed by atoms with Crippen LogP contribution in [0.1, 0.15) is 36.1 Å². The number of rotatable bonds is 5. The largest absolute Gasteiger partial charge is 0.370 e. The van der Waals surface area contributed by atoms with Crippen molar-refractivity contribution in [1.82, 2.24) is 20.2 Å². The minimum absolute atomic E-state index is 0.0548. The molecule has 2 aromatic rings. The number of thiophene rings is 1. The van der Waals surface area contributed by atoms with Crippen molar-refractivity contribution in [2.24, 2.45) is 0 Å². The maximum atomic E-state index is 12.6. The molecular formula is C20H27N5O2S. The summed E-state index contributed by atoms with van der Waals surface area (Å²) in [6.45, 7) is 3.11. The van der Waals surface area contributed by atoms with Gasteiger partial charge >= 0.3 is 0 Å². The molecule has 1 aliphatic carbocycles. The van der Waals surface area contributed by atoms with Crippen LogP contribution in [0.4, 0.5) is 5.95 Å². The van der Waals surface area contributed by atoms with Crippen molar-refractivity contribution in [3.63, 3.8) is 0 Å². The van der Waals surface area contributed by atoms with E-state index in [1.807, 2.05) is 17.5 Å². The van der Waals surface area contributed by atoms with Gasteiger partial charge in [-0.1, -0.05) is 18.9 Å². The molecule has 7 nitrogen and oxygen atoms in total. The van der Waals surface area contributed by atoms with Gasteiger partial charge in [0.25, 0.3) is 0 Å². The third-order valence-corrected chi connectivity index (χ3v) is 6.52. The molecule has 0 radical (unpaired) electrons. The minimum Gasteiger partial charge on any atom is -0.370 e. The summed E-state index contributed by atoms with van der Waals surface area (Å²) in [5.74, 6) is 0.379. The molecule has 1 saturated carbocycles. The standard InChI is InChI=1S/C20H27N5O2S/c21-19-22-11-15(12-23-19)13-25-7-8-27-20(14-25)6-2-1-5-17(20)24-18(26)10-16-4-3-9-28-16/h3-4,9,11-12,17H,1-2,5-8,10,13-14H2,(H,24,26)(H2,21,22,23)/t17-,20+/m0/s1. The van der Waals surface area contributed by atoms with Gasteiger partial charge in [-0.3, -0.25) is 9.69 Å². The number of hydrogen-bond donors (Lipinski definition) is 2. The van der Waals surface area contributed by atoms with Gasteiger partial charge in [-0.25, -0.2) is 9.97 Å². The minimum atomic E-state index is -0.309. The fourth-order valence-corrected chi connectivity index (χ4v) is 5.02. The van der Waals surface area contributed by atoms with Crippen LogP contribution in [0.15, 0.2) is 29.9 Å². The van der Waals surface area contributed by atoms with E-state index >= 15 is 0 Å². The van der Waals surface area contributed by atoms with Gasteiger partial charge in [0.05, 0.1) is 19.1 Å². The van der Waals surface area contributed by atoms with Crippen molar-refractivity contribution in [1.29, 1.82) is 0 Å². The second-order valence-corrected chi connectivity index (χ2v) is 8.73. The first-order chi connectivity index (χ1) is 13.6. The molecule has 2 atom stereocenters. The van der Waals surface area contributed by atoms with Crippen LogP contribution >= 0.6 is 11.3 Å². The zero-order valence-corrected chi connectivity index (χ0v) is 16.8. The van der Waals surface area contributed by atoms with Crippen molar-refractivity contribution in [2.45, 2.75) is 50.3 Å². The van der Waals surface area contributed by atoms with Crippen LogP contribution in [0.5, 0.6) is 0 Å². The molecular weight excluding hydrogens is 374 g/mol. The van der Waals surface area contributed by atoms with Crippen LogP contribution in [0.3, 0.4) is 0 Å². The lowest BCUT2D eigenvalue weighted by Crippen LogP contribution is -2.64. The summed E-state index contributed by atoms with van der Waals surface area (Å²) in [5.41, 5.74) is 6.32. The molecule has 2 aromatic heterocycles. The number of ether oxygens (including phenoxy) is 1. The van der Waals surface area contributed by atoms with E-state index in [0.717, 1.165) is 55.8 Å². The number of nitrogens with zero attached hydrogens (tertiary/aromatic N) is 3. The lowest BCUT2D eigenvalue weighted by atomic mass is 9.78. The van der Waals surface area contributed by atoms with Crippen molar-refractivity contribution < 1.29 is 9.53 Å². The summed E-state index contributed by atoms with van der Waals surface area (Å²) in [6.07, 6.45) is 8.21. The molecule has 8 heteroatoms. The number of carbonyl (C=O) groups is 1. The van der Waals surface area contributed by atoms with Gasteiger partial charge in [-0.2, -0.15) is 0 Å². The molecule has 0 bridgehead atoms. The molecule has 3 heterocycles. The zero-order chi connectivity index (χ0) is 19.4. The Morgan fingerprint density at radius 3 is 3.04 bits per heavy atom. The predicted molar refractivity (Wildman–Crippen MR) is 109 cm³/mol. The Hall–Kier alpha value is -2.03. The molecule has 2 aliphatic rings. The quantitative estimate of drug-likeness (QED) is 0.796. The third-order valence-electron chi connectivity index (χ3n) is 5.65. The first-order valence-electron chi connectivity index (χ1n) is 9.87. The normalized spacial score (nSPS) is 25.6. The number of nitrogens with one attached hydrogen (secondary N) is 1. The molecule has 3 N–H and O–H groups in total. The molecule has 28 heavy (non-hydrogen) atoms. The molecule has 1 saturated heterocycles. The average Bonchev–Trinajstić information content (AvgIpc) is 3.19. The lowest BCUT2D eigenvalue weighted by molar-refractivity contribution is -0.151. The van der Waals surface area contributed by atoms with Crippen LogP contribution in [-0.2, 0) is 22.5 Å². The van der Waals surface area contributed by atoms with Crippen molar-refractivity contribution >= 4 is 23.2 Å². The van der Waals surface area contributed by atoms with E-state index in [0.29, 0.717) is 19.0 Å². The van der Waals surface area contributed by atoms with Gasteiger partial charge in [0.1, 0.15) is 5.60 Å². The van der Waals surface area contributed by atoms with Crippen molar-refractivity contribution in [2.75, 3.05) is 25.4 Å². The highest BCUT2D eigenvalue weighted by Crippen LogP contribution is 2.35. The highest BCUT2D eigenvalue weighted by molar-refractivity contribution is 7.10. The Morgan fingerprint density at radius 1 is 1.39 bits per heavy atom. The van der Waals surface area contributed by atoms with E-state index in [4.69, 9.17) is 10.5 Å². The van der Waals surface area contributed by atoms with E-state index in [9.17, 15) is 4.79 Å². The highest BCUT2D eigenvalue weighted by atomic mass is 32.1. The van der Waals surface area contributed by atoms with E-state index in [2.05, 4.69) is 20.2 Å². The van der Waals surface area contributed by atoms with Crippen molar-refractivity contribution in [3.8, 4) is 0 Å². The van der Waals surface area contributed by atoms with Gasteiger partial charge in [0.15, 0.2) is 0 Å². The van der Waals surface area contributed by atoms with Crippen molar-refractivity contribution in [3.05, 3.63) is 40.3 Å². The Kier molecular flexibility index (Phi) is 5.89. The molecule has 0 unspecified atom stereocenters. The van der Waals surface area contributed by atoms with Crippen LogP contribution in [0.2, 0.25) is 0 Å². The maximum absolute atomic E-state index is 12.6. The summed E-state index contributed by atoms with van der Waals surface area (Å²) in [5, 5.41) is 5.29. The molecule has 2 fully saturated rings. The van der Waals surface area contributed by atoms with Crippen LogP contribution in [-0.4, -0.2) is 52.1 Å². The van der Waals surface area contributed by atoms with E-state index in [-0.39, 0.29) is 17.6 Å². The summed E-state index contributed by atoms with van der Waals surface area (Å²) in [7, 11) is 0. The van der Waals surface area contributed by atoms with Gasteiger partial charge in [-0.05, 0) is 24.3 Å². The SMILES string of the molecule is Nc1ncc(CN2CCO[C@]3(CCCC[C@@H]3NC(=O)Cc3cccs3)C2)cn1. The Morgan fingerprint density at radius 2 is 2.25 bits per heavy atom. The van der Waals surface area contributed by atoms with Gasteiger partial charge in [-0.15, -0.1) is 11.3 Å². The smallest absolute Gasteiger partial charge is 0.225 e. The molecule has 4 rings (SSSR count). The van der Waals surface area contributed by atoms with Crippen LogP contribution in [0, 0.1) is 0 Å². The maximum Gasteiger partial charge on any atom is 0.225 e. The molecule has 1 spiro atoms. The predicted octanol–water partition coefficient (Wildman–Crippen LogP) is 1.99. The highest BCUT2D eigenvalue weighted by Gasteiger charge is 2.45. The Balaban J connectivity index is 1.42. The number of hydrogen-bond acceptors (Lipinski definition) is 7. The topological polar surface area (TPSA) is 93.4 Å². The van der Waals surface area contributed by atoms with Crippen LogP contribution < -0.4 is 11.1 Å². The third kappa shape index (κ3) is 4.51. The molecule has 150 valence electrons. The first-order valence-corrected chi connectivity index (χ1v) is 10.8. The summed E-state index contributed by atoms with van der Waals surface area (Å²) >= 11 is 1.62. The van der Waals surface area contributed by atoms with Gasteiger partial charge in [0.2, 0.25) is 11.9 Å². The first kappa shape index (κ1) is 19.3. The zero-order valence-electron chi connectivity index (χ0n) is 16.0. The van der Waals surface area contributed by atoms with Gasteiger partial charge < -0.3 is 15.8 Å². The second-order valence-electron chi connectivity index (χ2n) is 7.70. The van der Waals surface area contributed by atoms with Gasteiger partial charge in [0, 0.05) is 42.5 Å². The number of aromatic nitrogens is 2. The molecule has 0 aromatic carbocycles. The molecule has 1 amide bonds.